The molecule has 0 spiro atoms. The quantitative estimate of drug-likeness (QED) is 0.883. The number of hydrogen-bond acceptors (Lipinski definition) is 6. The minimum atomic E-state index is -0.587. The Hall–Kier alpha value is -2.18. The van der Waals surface area contributed by atoms with E-state index in [9.17, 15) is 5.11 Å². The number of aryl methyl sites for hydroxylation is 3. The number of hydrogen-bond donors (Lipinski definition) is 2. The molecule has 1 atom stereocenters. The van der Waals surface area contributed by atoms with Crippen LogP contribution in [0.25, 0.3) is 0 Å². The number of fused-ring (bicyclic) bond motifs is 1. The third-order valence-electron chi connectivity index (χ3n) is 5.42. The number of nitrogens with zero attached hydrogens (tertiary/aromatic N) is 3. The predicted molar refractivity (Wildman–Crippen MR) is 100 cm³/mol. The molecular weight excluding hydrogens is 328 g/mol. The van der Waals surface area contributed by atoms with Crippen molar-refractivity contribution in [3.63, 3.8) is 0 Å². The smallest absolute Gasteiger partial charge is 0.138 e. The van der Waals surface area contributed by atoms with Crippen LogP contribution in [-0.2, 0) is 6.54 Å². The highest BCUT2D eigenvalue weighted by Crippen LogP contribution is 2.30. The average Bonchev–Trinajstić information content (AvgIpc) is 2.98. The number of aromatic nitrogens is 2. The number of aliphatic hydroxyl groups is 1. The van der Waals surface area contributed by atoms with Gasteiger partial charge in [-0.15, -0.1) is 0 Å². The van der Waals surface area contributed by atoms with E-state index >= 15 is 0 Å². The summed E-state index contributed by atoms with van der Waals surface area (Å²) in [7, 11) is 0. The fourth-order valence-electron chi connectivity index (χ4n) is 3.72. The molecule has 1 fully saturated rings. The van der Waals surface area contributed by atoms with E-state index in [-0.39, 0.29) is 6.10 Å². The summed E-state index contributed by atoms with van der Waals surface area (Å²) in [5.74, 6) is 1.89. The highest BCUT2D eigenvalue weighted by molar-refractivity contribution is 5.51. The van der Waals surface area contributed by atoms with Crippen LogP contribution in [0.2, 0.25) is 0 Å². The summed E-state index contributed by atoms with van der Waals surface area (Å²) in [4.78, 5) is 11.5. The molecule has 26 heavy (non-hydrogen) atoms. The van der Waals surface area contributed by atoms with Crippen molar-refractivity contribution in [1.82, 2.24) is 15.3 Å². The van der Waals surface area contributed by atoms with E-state index in [1.54, 1.807) is 0 Å². The van der Waals surface area contributed by atoms with Crippen molar-refractivity contribution in [3.8, 4) is 5.75 Å². The van der Waals surface area contributed by atoms with Gasteiger partial charge in [-0.1, -0.05) is 0 Å². The van der Waals surface area contributed by atoms with E-state index in [4.69, 9.17) is 9.72 Å². The number of ether oxygens (including phenoxy) is 1. The molecule has 6 heteroatoms. The van der Waals surface area contributed by atoms with Gasteiger partial charge in [-0.05, 0) is 44.0 Å². The number of aliphatic hydroxyl groups excluding tert-OH is 1. The summed E-state index contributed by atoms with van der Waals surface area (Å²) in [6.45, 7) is 8.61. The molecule has 0 amide bonds. The van der Waals surface area contributed by atoms with Crippen LogP contribution >= 0.6 is 0 Å². The first-order valence-electron chi connectivity index (χ1n) is 9.28. The molecule has 0 aromatic carbocycles. The zero-order chi connectivity index (χ0) is 18.3. The SMILES string of the molecule is Cc1cc(OC2CCN(c3nc4c(cc3C)C(O)NC4)CC2)cnc1C. The number of rotatable bonds is 3. The molecule has 2 aromatic heterocycles. The maximum Gasteiger partial charge on any atom is 0.138 e. The Kier molecular flexibility index (Phi) is 4.54. The van der Waals surface area contributed by atoms with E-state index in [0.29, 0.717) is 6.54 Å². The normalized spacial score (nSPS) is 20.3. The zero-order valence-corrected chi connectivity index (χ0v) is 15.6. The van der Waals surface area contributed by atoms with Crippen LogP contribution in [0.3, 0.4) is 0 Å². The predicted octanol–water partition coefficient (Wildman–Crippen LogP) is 2.54. The van der Waals surface area contributed by atoms with Gasteiger partial charge in [-0.25, -0.2) is 4.98 Å². The molecule has 2 N–H and O–H groups in total. The molecule has 6 nitrogen and oxygen atoms in total. The second-order valence-corrected chi connectivity index (χ2v) is 7.33. The summed E-state index contributed by atoms with van der Waals surface area (Å²) in [6, 6.07) is 4.13. The van der Waals surface area contributed by atoms with E-state index in [1.165, 1.54) is 0 Å². The average molecular weight is 354 g/mol. The van der Waals surface area contributed by atoms with Gasteiger partial charge in [0.1, 0.15) is 23.9 Å². The fraction of sp³-hybridized carbons (Fsp3) is 0.500. The van der Waals surface area contributed by atoms with Crippen molar-refractivity contribution in [2.45, 2.75) is 52.5 Å². The molecule has 1 unspecified atom stereocenters. The Balaban J connectivity index is 1.41. The van der Waals surface area contributed by atoms with Gasteiger partial charge in [0.05, 0.1) is 11.9 Å². The fourth-order valence-corrected chi connectivity index (χ4v) is 3.72. The summed E-state index contributed by atoms with van der Waals surface area (Å²) in [5.41, 5.74) is 5.19. The van der Waals surface area contributed by atoms with Crippen molar-refractivity contribution in [3.05, 3.63) is 46.4 Å². The molecule has 2 aliphatic rings. The van der Waals surface area contributed by atoms with E-state index in [2.05, 4.69) is 41.2 Å². The lowest BCUT2D eigenvalue weighted by molar-refractivity contribution is 0.151. The molecule has 2 aliphatic heterocycles. The van der Waals surface area contributed by atoms with Crippen molar-refractivity contribution < 1.29 is 9.84 Å². The Bertz CT molecular complexity index is 816. The van der Waals surface area contributed by atoms with E-state index in [0.717, 1.165) is 65.6 Å². The van der Waals surface area contributed by atoms with E-state index in [1.807, 2.05) is 13.1 Å². The molecule has 4 heterocycles. The molecule has 0 bridgehead atoms. The van der Waals surface area contributed by atoms with Crippen LogP contribution in [0, 0.1) is 20.8 Å². The van der Waals surface area contributed by atoms with Gasteiger partial charge in [0.25, 0.3) is 0 Å². The largest absolute Gasteiger partial charge is 0.489 e. The highest BCUT2D eigenvalue weighted by Gasteiger charge is 2.26. The molecule has 0 aliphatic carbocycles. The summed E-state index contributed by atoms with van der Waals surface area (Å²) < 4.78 is 6.14. The van der Waals surface area contributed by atoms with Crippen molar-refractivity contribution in [1.29, 1.82) is 0 Å². The van der Waals surface area contributed by atoms with Gasteiger partial charge in [0.2, 0.25) is 0 Å². The first-order chi connectivity index (χ1) is 12.5. The number of anilines is 1. The van der Waals surface area contributed by atoms with Gasteiger partial charge < -0.3 is 14.7 Å². The molecular formula is C20H26N4O2. The number of pyridine rings is 2. The maximum atomic E-state index is 9.93. The number of nitrogens with one attached hydrogen (secondary N) is 1. The van der Waals surface area contributed by atoms with E-state index < -0.39 is 6.23 Å². The molecule has 0 saturated carbocycles. The monoisotopic (exact) mass is 354 g/mol. The lowest BCUT2D eigenvalue weighted by Crippen LogP contribution is -2.39. The third-order valence-corrected chi connectivity index (χ3v) is 5.42. The van der Waals surface area contributed by atoms with Gasteiger partial charge in [0.15, 0.2) is 0 Å². The summed E-state index contributed by atoms with van der Waals surface area (Å²) >= 11 is 0. The Morgan fingerprint density at radius 3 is 2.65 bits per heavy atom. The zero-order valence-electron chi connectivity index (χ0n) is 15.6. The second-order valence-electron chi connectivity index (χ2n) is 7.33. The van der Waals surface area contributed by atoms with Crippen LogP contribution in [0.1, 0.15) is 47.1 Å². The van der Waals surface area contributed by atoms with Crippen LogP contribution in [0.15, 0.2) is 18.3 Å². The van der Waals surface area contributed by atoms with Crippen molar-refractivity contribution in [2.75, 3.05) is 18.0 Å². The summed E-state index contributed by atoms with van der Waals surface area (Å²) in [6.07, 6.45) is 3.38. The van der Waals surface area contributed by atoms with Gasteiger partial charge >= 0.3 is 0 Å². The van der Waals surface area contributed by atoms with Gasteiger partial charge in [0, 0.05) is 43.7 Å². The van der Waals surface area contributed by atoms with Crippen LogP contribution in [0.4, 0.5) is 5.82 Å². The van der Waals surface area contributed by atoms with Crippen LogP contribution in [-0.4, -0.2) is 34.3 Å². The topological polar surface area (TPSA) is 70.5 Å². The van der Waals surface area contributed by atoms with Crippen LogP contribution in [0.5, 0.6) is 5.75 Å². The Morgan fingerprint density at radius 2 is 1.92 bits per heavy atom. The molecule has 138 valence electrons. The summed E-state index contributed by atoms with van der Waals surface area (Å²) in [5, 5.41) is 13.0. The van der Waals surface area contributed by atoms with Crippen LogP contribution < -0.4 is 15.0 Å². The Morgan fingerprint density at radius 1 is 1.15 bits per heavy atom. The van der Waals surface area contributed by atoms with Crippen molar-refractivity contribution >= 4 is 5.82 Å². The molecule has 0 radical (unpaired) electrons. The molecule has 1 saturated heterocycles. The van der Waals surface area contributed by atoms with Gasteiger partial charge in [-0.3, -0.25) is 10.3 Å². The minimum absolute atomic E-state index is 0.216. The third kappa shape index (κ3) is 3.27. The Labute approximate surface area is 154 Å². The minimum Gasteiger partial charge on any atom is -0.489 e. The van der Waals surface area contributed by atoms with Crippen molar-refractivity contribution in [2.24, 2.45) is 0 Å². The lowest BCUT2D eigenvalue weighted by Gasteiger charge is -2.34. The highest BCUT2D eigenvalue weighted by atomic mass is 16.5. The second kappa shape index (κ2) is 6.85. The molecule has 2 aromatic rings. The standard InChI is InChI=1S/C20H26N4O2/c1-12-8-16(10-21-14(12)3)26-15-4-6-24(7-5-15)19-13(2)9-17-18(23-19)11-22-20(17)25/h8-10,15,20,22,25H,4-7,11H2,1-3H3. The molecule has 4 rings (SSSR count). The van der Waals surface area contributed by atoms with Gasteiger partial charge in [-0.2, -0.15) is 0 Å². The number of piperidine rings is 1. The first kappa shape index (κ1) is 17.2. The maximum absolute atomic E-state index is 9.93. The first-order valence-corrected chi connectivity index (χ1v) is 9.28. The lowest BCUT2D eigenvalue weighted by atomic mass is 10.1.